The Hall–Kier alpha value is -5.96. The first kappa shape index (κ1) is 26.4. The molecule has 9 rings (SSSR count). The molecule has 2 heterocycles. The lowest BCUT2D eigenvalue weighted by atomic mass is 9.82. The molecule has 4 amide bonds. The number of carbonyl (C=O) groups is 4. The van der Waals surface area contributed by atoms with Gasteiger partial charge in [0.2, 0.25) is 0 Å². The van der Waals surface area contributed by atoms with E-state index in [-0.39, 0.29) is 13.2 Å². The van der Waals surface area contributed by atoms with Crippen LogP contribution in [0.5, 0.6) is 0 Å². The average Bonchev–Trinajstić information content (AvgIpc) is 3.09. The molecule has 8 nitrogen and oxygen atoms in total. The van der Waals surface area contributed by atoms with Crippen molar-refractivity contribution in [3.63, 3.8) is 0 Å². The number of hydrogen-bond acceptors (Lipinski definition) is 6. The second-order valence-electron chi connectivity index (χ2n) is 11.6. The van der Waals surface area contributed by atoms with Gasteiger partial charge in [-0.1, -0.05) is 54.6 Å². The van der Waals surface area contributed by atoms with Gasteiger partial charge >= 0.3 is 0 Å². The predicted octanol–water partition coefficient (Wildman–Crippen LogP) is 6.32. The van der Waals surface area contributed by atoms with Crippen LogP contribution in [-0.4, -0.2) is 33.8 Å². The van der Waals surface area contributed by atoms with Crippen molar-refractivity contribution in [3.8, 4) is 0 Å². The molecule has 0 radical (unpaired) electrons. The van der Waals surface area contributed by atoms with Gasteiger partial charge in [0.25, 0.3) is 23.6 Å². The fourth-order valence-electron chi connectivity index (χ4n) is 7.33. The lowest BCUT2D eigenvalue weighted by molar-refractivity contribution is 0.0877. The highest BCUT2D eigenvalue weighted by Gasteiger charge is 2.38. The number of amides is 4. The summed E-state index contributed by atoms with van der Waals surface area (Å²) in [5.41, 5.74) is 3.46. The predicted molar refractivity (Wildman–Crippen MR) is 175 cm³/mol. The molecular formula is C38H22N2O6. The van der Waals surface area contributed by atoms with Crippen molar-refractivity contribution in [1.82, 2.24) is 0 Å². The molecule has 0 fully saturated rings. The van der Waals surface area contributed by atoms with Crippen LogP contribution >= 0.6 is 0 Å². The third-order valence-corrected chi connectivity index (χ3v) is 9.42. The number of anilines is 2. The van der Waals surface area contributed by atoms with Crippen LogP contribution in [0.4, 0.5) is 11.4 Å². The van der Waals surface area contributed by atoms with Crippen molar-refractivity contribution in [3.05, 3.63) is 130 Å². The number of fused-ring (bicyclic) bond motifs is 2. The zero-order valence-electron chi connectivity index (χ0n) is 24.1. The lowest BCUT2D eigenvalue weighted by Gasteiger charge is -2.30. The first-order valence-corrected chi connectivity index (χ1v) is 14.8. The molecule has 0 atom stereocenters. The maximum atomic E-state index is 14.0. The molecule has 220 valence electrons. The van der Waals surface area contributed by atoms with E-state index in [0.29, 0.717) is 55.5 Å². The number of imide groups is 2. The van der Waals surface area contributed by atoms with Crippen LogP contribution in [-0.2, 0) is 13.2 Å². The summed E-state index contributed by atoms with van der Waals surface area (Å²) >= 11 is 0. The van der Waals surface area contributed by atoms with E-state index in [9.17, 15) is 29.4 Å². The number of aliphatic hydroxyl groups excluding tert-OH is 2. The Kier molecular flexibility index (Phi) is 5.33. The number of carbonyl (C=O) groups excluding carboxylic acids is 4. The first-order chi connectivity index (χ1) is 22.4. The Balaban J connectivity index is 1.29. The summed E-state index contributed by atoms with van der Waals surface area (Å²) in [6, 6.07) is 27.9. The van der Waals surface area contributed by atoms with Crippen LogP contribution in [0.3, 0.4) is 0 Å². The highest BCUT2D eigenvalue weighted by atomic mass is 16.3. The second kappa shape index (κ2) is 9.28. The Morgan fingerprint density at radius 3 is 1.30 bits per heavy atom. The molecular weight excluding hydrogens is 580 g/mol. The smallest absolute Gasteiger partial charge is 0.265 e. The van der Waals surface area contributed by atoms with Crippen LogP contribution in [0.2, 0.25) is 0 Å². The van der Waals surface area contributed by atoms with Gasteiger partial charge in [-0.3, -0.25) is 19.2 Å². The molecule has 0 aromatic heterocycles. The summed E-state index contributed by atoms with van der Waals surface area (Å²) in [4.78, 5) is 58.0. The van der Waals surface area contributed by atoms with Crippen molar-refractivity contribution in [1.29, 1.82) is 0 Å². The fraction of sp³-hybridized carbons (Fsp3) is 0.0526. The number of para-hydroxylation sites is 1. The van der Waals surface area contributed by atoms with Gasteiger partial charge in [-0.25, -0.2) is 9.80 Å². The van der Waals surface area contributed by atoms with Crippen molar-refractivity contribution in [2.75, 3.05) is 9.80 Å². The van der Waals surface area contributed by atoms with Crippen LogP contribution < -0.4 is 9.80 Å². The van der Waals surface area contributed by atoms with Crippen molar-refractivity contribution < 1.29 is 29.4 Å². The molecule has 2 aliphatic rings. The summed E-state index contributed by atoms with van der Waals surface area (Å²) < 4.78 is 0. The van der Waals surface area contributed by atoms with Crippen molar-refractivity contribution >= 4 is 78.1 Å². The number of benzene rings is 7. The summed E-state index contributed by atoms with van der Waals surface area (Å²) in [5.74, 6) is -1.82. The molecule has 7 aromatic carbocycles. The number of nitrogens with zero attached hydrogens (tertiary/aromatic N) is 2. The minimum Gasteiger partial charge on any atom is -0.392 e. The lowest BCUT2D eigenvalue weighted by Crippen LogP contribution is -2.41. The number of hydrogen-bond donors (Lipinski definition) is 2. The minimum atomic E-state index is -0.471. The summed E-state index contributed by atoms with van der Waals surface area (Å²) in [6.45, 7) is -0.470. The average molecular weight is 603 g/mol. The van der Waals surface area contributed by atoms with E-state index >= 15 is 0 Å². The summed E-state index contributed by atoms with van der Waals surface area (Å²) in [5, 5.41) is 25.3. The Bertz CT molecular complexity index is 2410. The Morgan fingerprint density at radius 2 is 0.870 bits per heavy atom. The van der Waals surface area contributed by atoms with Gasteiger partial charge < -0.3 is 10.2 Å². The summed E-state index contributed by atoms with van der Waals surface area (Å²) in [7, 11) is 0. The van der Waals surface area contributed by atoms with Gasteiger partial charge in [-0.05, 0) is 80.3 Å². The van der Waals surface area contributed by atoms with E-state index in [2.05, 4.69) is 0 Å². The zero-order valence-corrected chi connectivity index (χ0v) is 24.1. The molecule has 0 saturated heterocycles. The minimum absolute atomic E-state index is 0.147. The number of aliphatic hydroxyl groups is 2. The quantitative estimate of drug-likeness (QED) is 0.138. The van der Waals surface area contributed by atoms with Gasteiger partial charge in [0, 0.05) is 38.6 Å². The normalized spacial score (nSPS) is 14.6. The van der Waals surface area contributed by atoms with E-state index in [1.807, 2.05) is 24.3 Å². The molecule has 0 aliphatic carbocycles. The third kappa shape index (κ3) is 3.23. The maximum absolute atomic E-state index is 14.0. The Labute approximate surface area is 260 Å². The van der Waals surface area contributed by atoms with Crippen LogP contribution in [0.15, 0.2) is 97.1 Å². The summed E-state index contributed by atoms with van der Waals surface area (Å²) in [6.07, 6.45) is 0. The highest BCUT2D eigenvalue weighted by molar-refractivity contribution is 6.45. The van der Waals surface area contributed by atoms with E-state index in [0.717, 1.165) is 37.2 Å². The van der Waals surface area contributed by atoms with Gasteiger partial charge in [-0.15, -0.1) is 0 Å². The van der Waals surface area contributed by atoms with Crippen LogP contribution in [0.1, 0.15) is 52.6 Å². The number of rotatable bonds is 4. The molecule has 7 aromatic rings. The molecule has 46 heavy (non-hydrogen) atoms. The molecule has 0 bridgehead atoms. The van der Waals surface area contributed by atoms with Gasteiger partial charge in [0.1, 0.15) is 0 Å². The Morgan fingerprint density at radius 1 is 0.435 bits per heavy atom. The third-order valence-electron chi connectivity index (χ3n) is 9.42. The molecule has 2 aliphatic heterocycles. The maximum Gasteiger partial charge on any atom is 0.265 e. The first-order valence-electron chi connectivity index (χ1n) is 14.8. The monoisotopic (exact) mass is 602 g/mol. The van der Waals surface area contributed by atoms with Gasteiger partial charge in [0.05, 0.1) is 24.6 Å². The second-order valence-corrected chi connectivity index (χ2v) is 11.6. The molecule has 0 spiro atoms. The van der Waals surface area contributed by atoms with Gasteiger partial charge in [-0.2, -0.15) is 0 Å². The molecule has 8 heteroatoms. The zero-order chi connectivity index (χ0) is 31.4. The van der Waals surface area contributed by atoms with Gasteiger partial charge in [0.15, 0.2) is 0 Å². The van der Waals surface area contributed by atoms with E-state index in [1.54, 1.807) is 72.8 Å². The van der Waals surface area contributed by atoms with E-state index in [1.165, 1.54) is 4.90 Å². The topological polar surface area (TPSA) is 115 Å². The molecule has 2 N–H and O–H groups in total. The molecule has 0 unspecified atom stereocenters. The van der Waals surface area contributed by atoms with Crippen molar-refractivity contribution in [2.45, 2.75) is 13.2 Å². The van der Waals surface area contributed by atoms with Crippen molar-refractivity contribution in [2.24, 2.45) is 0 Å². The van der Waals surface area contributed by atoms with E-state index < -0.39 is 23.6 Å². The molecule has 0 saturated carbocycles. The highest BCUT2D eigenvalue weighted by Crippen LogP contribution is 2.47. The van der Waals surface area contributed by atoms with Crippen LogP contribution in [0.25, 0.3) is 43.1 Å². The SMILES string of the molecule is O=C1c2ccc3c4ccc5c6c(ccc(c7ccc(c2c37)C(=O)N1c1ccc(CO)cc1)c64)C(=O)N(c1ccccc1CO)C5=O. The largest absolute Gasteiger partial charge is 0.392 e. The standard InChI is InChI=1S/C38H22N2O6/c41-17-19-5-7-21(8-6-19)39-35(43)26-13-9-22-24-11-15-28-34-29(38(46)40(37(28)45)30-4-2-1-3-20(30)18-42)16-12-25(32(24)34)23-10-14-27(36(39)44)33(26)31(22)23/h1-16,41-42H,17-18H2. The fourth-order valence-corrected chi connectivity index (χ4v) is 7.33. The van der Waals surface area contributed by atoms with Crippen LogP contribution in [0, 0.1) is 0 Å². The van der Waals surface area contributed by atoms with E-state index in [4.69, 9.17) is 0 Å².